The number of hydrogen-bond acceptors (Lipinski definition) is 6. The molecule has 1 aromatic rings. The first-order chi connectivity index (χ1) is 12.3. The van der Waals surface area contributed by atoms with Gasteiger partial charge in [-0.1, -0.05) is 0 Å². The molecular formula is C18H18F2N2O4. The summed E-state index contributed by atoms with van der Waals surface area (Å²) in [4.78, 5) is 12.4. The molecule has 0 radical (unpaired) electrons. The van der Waals surface area contributed by atoms with Crippen LogP contribution in [-0.4, -0.2) is 19.2 Å². The van der Waals surface area contributed by atoms with E-state index in [0.717, 1.165) is 6.07 Å². The van der Waals surface area contributed by atoms with E-state index in [0.29, 0.717) is 0 Å². The van der Waals surface area contributed by atoms with Crippen molar-refractivity contribution in [3.05, 3.63) is 52.1 Å². The molecule has 1 unspecified atom stereocenters. The van der Waals surface area contributed by atoms with Gasteiger partial charge in [0, 0.05) is 0 Å². The predicted molar refractivity (Wildman–Crippen MR) is 87.5 cm³/mol. The first-order valence-electron chi connectivity index (χ1n) is 7.92. The average molecular weight is 364 g/mol. The lowest BCUT2D eigenvalue weighted by molar-refractivity contribution is -0.139. The van der Waals surface area contributed by atoms with Gasteiger partial charge >= 0.3 is 5.97 Å². The third-order valence-corrected chi connectivity index (χ3v) is 3.75. The Kier molecular flexibility index (Phi) is 5.82. The van der Waals surface area contributed by atoms with Crippen LogP contribution in [0.5, 0.6) is 5.75 Å². The summed E-state index contributed by atoms with van der Waals surface area (Å²) < 4.78 is 43.4. The summed E-state index contributed by atoms with van der Waals surface area (Å²) in [5, 5.41) is 9.46. The van der Waals surface area contributed by atoms with Crippen LogP contribution in [0.2, 0.25) is 0 Å². The molecule has 0 saturated heterocycles. The van der Waals surface area contributed by atoms with E-state index in [1.807, 2.05) is 6.07 Å². The van der Waals surface area contributed by atoms with E-state index in [1.54, 1.807) is 13.8 Å². The van der Waals surface area contributed by atoms with E-state index < -0.39 is 23.5 Å². The molecule has 1 aliphatic rings. The van der Waals surface area contributed by atoms with Crippen LogP contribution in [0.3, 0.4) is 0 Å². The molecule has 0 bridgehead atoms. The van der Waals surface area contributed by atoms with Crippen LogP contribution in [0, 0.1) is 23.0 Å². The molecule has 1 aromatic carbocycles. The Morgan fingerprint density at radius 2 is 2.04 bits per heavy atom. The lowest BCUT2D eigenvalue weighted by Gasteiger charge is -2.27. The Hall–Kier alpha value is -3.08. The topological polar surface area (TPSA) is 94.6 Å². The van der Waals surface area contributed by atoms with Gasteiger partial charge < -0.3 is 19.9 Å². The smallest absolute Gasteiger partial charge is 0.338 e. The molecule has 1 atom stereocenters. The highest BCUT2D eigenvalue weighted by atomic mass is 19.2. The van der Waals surface area contributed by atoms with Crippen LogP contribution in [0.1, 0.15) is 32.3 Å². The van der Waals surface area contributed by atoms with Gasteiger partial charge in [-0.15, -0.1) is 0 Å². The molecular weight excluding hydrogens is 346 g/mol. The second kappa shape index (κ2) is 7.87. The van der Waals surface area contributed by atoms with Crippen molar-refractivity contribution >= 4 is 5.97 Å². The third kappa shape index (κ3) is 3.47. The number of carbonyl (C=O) groups excluding carboxylic acids is 1. The van der Waals surface area contributed by atoms with Crippen LogP contribution < -0.4 is 10.5 Å². The zero-order valence-corrected chi connectivity index (χ0v) is 14.6. The fourth-order valence-electron chi connectivity index (χ4n) is 2.70. The van der Waals surface area contributed by atoms with Gasteiger partial charge in [0.25, 0.3) is 0 Å². The van der Waals surface area contributed by atoms with Gasteiger partial charge in [-0.2, -0.15) is 9.65 Å². The van der Waals surface area contributed by atoms with Gasteiger partial charge in [0.1, 0.15) is 17.4 Å². The summed E-state index contributed by atoms with van der Waals surface area (Å²) in [5.74, 6) is -4.56. The molecule has 1 aliphatic heterocycles. The quantitative estimate of drug-likeness (QED) is 0.807. The van der Waals surface area contributed by atoms with E-state index in [2.05, 4.69) is 0 Å². The van der Waals surface area contributed by atoms with Crippen molar-refractivity contribution in [1.29, 1.82) is 5.26 Å². The standard InChI is InChI=1S/C18H18F2N2O4/c1-4-24-13-7-10(6-12(19)16(13)20)15-11(8-21)17(22)26-9(3)14(15)18(23)25-5-2/h6-7,15H,4-5,22H2,1-3H3. The van der Waals surface area contributed by atoms with Gasteiger partial charge in [0.15, 0.2) is 11.6 Å². The van der Waals surface area contributed by atoms with E-state index in [-0.39, 0.29) is 47.3 Å². The molecule has 2 rings (SSSR count). The molecule has 138 valence electrons. The normalized spacial score (nSPS) is 16.8. The minimum Gasteiger partial charge on any atom is -0.491 e. The lowest BCUT2D eigenvalue weighted by Crippen LogP contribution is -2.25. The fourth-order valence-corrected chi connectivity index (χ4v) is 2.70. The maximum absolute atomic E-state index is 14.1. The second-order valence-corrected chi connectivity index (χ2v) is 5.36. The Balaban J connectivity index is 2.69. The molecule has 8 heteroatoms. The first-order valence-corrected chi connectivity index (χ1v) is 7.92. The average Bonchev–Trinajstić information content (AvgIpc) is 2.58. The number of ether oxygens (including phenoxy) is 3. The molecule has 2 N–H and O–H groups in total. The van der Waals surface area contributed by atoms with Crippen LogP contribution in [0.25, 0.3) is 0 Å². The van der Waals surface area contributed by atoms with Crippen molar-refractivity contribution in [2.75, 3.05) is 13.2 Å². The number of esters is 1. The number of benzene rings is 1. The van der Waals surface area contributed by atoms with Crippen molar-refractivity contribution in [2.24, 2.45) is 5.73 Å². The molecule has 0 fully saturated rings. The molecule has 1 heterocycles. The summed E-state index contributed by atoms with van der Waals surface area (Å²) in [6.07, 6.45) is 0. The summed E-state index contributed by atoms with van der Waals surface area (Å²) in [6, 6.07) is 3.99. The largest absolute Gasteiger partial charge is 0.491 e. The van der Waals surface area contributed by atoms with Gasteiger partial charge in [-0.25, -0.2) is 9.18 Å². The second-order valence-electron chi connectivity index (χ2n) is 5.36. The fraction of sp³-hybridized carbons (Fsp3) is 0.333. The van der Waals surface area contributed by atoms with Gasteiger partial charge in [-0.05, 0) is 38.5 Å². The Morgan fingerprint density at radius 1 is 1.35 bits per heavy atom. The van der Waals surface area contributed by atoms with Gasteiger partial charge in [0.05, 0.1) is 24.7 Å². The summed E-state index contributed by atoms with van der Waals surface area (Å²) in [5.41, 5.74) is 5.77. The molecule has 0 aliphatic carbocycles. The number of halogens is 2. The van der Waals surface area contributed by atoms with Crippen molar-refractivity contribution < 1.29 is 27.8 Å². The first kappa shape index (κ1) is 19.2. The molecule has 0 spiro atoms. The number of nitriles is 1. The maximum atomic E-state index is 14.1. The highest BCUT2D eigenvalue weighted by Crippen LogP contribution is 2.41. The number of carbonyl (C=O) groups is 1. The zero-order valence-electron chi connectivity index (χ0n) is 14.6. The van der Waals surface area contributed by atoms with Crippen molar-refractivity contribution in [3.63, 3.8) is 0 Å². The zero-order chi connectivity index (χ0) is 19.4. The number of nitrogens with zero attached hydrogens (tertiary/aromatic N) is 1. The van der Waals surface area contributed by atoms with E-state index in [4.69, 9.17) is 19.9 Å². The highest BCUT2D eigenvalue weighted by Gasteiger charge is 2.37. The number of allylic oxidation sites excluding steroid dienone is 2. The molecule has 0 aromatic heterocycles. The Labute approximate surface area is 149 Å². The summed E-state index contributed by atoms with van der Waals surface area (Å²) in [7, 11) is 0. The van der Waals surface area contributed by atoms with Crippen LogP contribution >= 0.6 is 0 Å². The number of nitrogens with two attached hydrogens (primary N) is 1. The van der Waals surface area contributed by atoms with Crippen LogP contribution in [0.4, 0.5) is 8.78 Å². The number of rotatable bonds is 5. The van der Waals surface area contributed by atoms with E-state index in [9.17, 15) is 18.8 Å². The van der Waals surface area contributed by atoms with E-state index in [1.165, 1.54) is 13.0 Å². The van der Waals surface area contributed by atoms with Crippen LogP contribution in [-0.2, 0) is 14.3 Å². The van der Waals surface area contributed by atoms with Gasteiger partial charge in [0.2, 0.25) is 11.7 Å². The lowest BCUT2D eigenvalue weighted by atomic mass is 9.83. The third-order valence-electron chi connectivity index (χ3n) is 3.75. The highest BCUT2D eigenvalue weighted by molar-refractivity contribution is 5.92. The summed E-state index contributed by atoms with van der Waals surface area (Å²) >= 11 is 0. The van der Waals surface area contributed by atoms with Gasteiger partial charge in [-0.3, -0.25) is 0 Å². The Bertz CT molecular complexity index is 840. The molecule has 0 amide bonds. The van der Waals surface area contributed by atoms with Crippen LogP contribution in [0.15, 0.2) is 34.9 Å². The molecule has 0 saturated carbocycles. The predicted octanol–water partition coefficient (Wildman–Crippen LogP) is 3.01. The number of hydrogen-bond donors (Lipinski definition) is 1. The minimum absolute atomic E-state index is 0.00828. The van der Waals surface area contributed by atoms with E-state index >= 15 is 0 Å². The maximum Gasteiger partial charge on any atom is 0.338 e. The minimum atomic E-state index is -1.17. The Morgan fingerprint density at radius 3 is 2.62 bits per heavy atom. The monoisotopic (exact) mass is 364 g/mol. The molecule has 26 heavy (non-hydrogen) atoms. The SMILES string of the molecule is CCOC(=O)C1=C(C)OC(N)=C(C#N)C1c1cc(F)c(F)c(OCC)c1. The van der Waals surface area contributed by atoms with Crippen molar-refractivity contribution in [2.45, 2.75) is 26.7 Å². The van der Waals surface area contributed by atoms with Crippen molar-refractivity contribution in [1.82, 2.24) is 0 Å². The van der Waals surface area contributed by atoms with Crippen molar-refractivity contribution in [3.8, 4) is 11.8 Å². The summed E-state index contributed by atoms with van der Waals surface area (Å²) in [6.45, 7) is 4.91. The molecule has 6 nitrogen and oxygen atoms in total.